The predicted octanol–water partition coefficient (Wildman–Crippen LogP) is 1.54. The molecule has 0 fully saturated rings. The summed E-state index contributed by atoms with van der Waals surface area (Å²) in [6.07, 6.45) is 3.43. The molecule has 0 spiro atoms. The van der Waals surface area contributed by atoms with Gasteiger partial charge < -0.3 is 15.0 Å². The molecule has 0 saturated heterocycles. The summed E-state index contributed by atoms with van der Waals surface area (Å²) in [6.45, 7) is 1.52. The third-order valence-corrected chi connectivity index (χ3v) is 4.19. The lowest BCUT2D eigenvalue weighted by Crippen LogP contribution is -2.37. The number of allylic oxidation sites excluding steroid dienone is 1. The molecule has 1 N–H and O–H groups in total. The number of amides is 1. The number of carbonyl (C=O) groups is 1. The van der Waals surface area contributed by atoms with E-state index in [2.05, 4.69) is 5.32 Å². The van der Waals surface area contributed by atoms with Crippen LogP contribution in [0.15, 0.2) is 33.5 Å². The molecule has 3 aliphatic heterocycles. The Hall–Kier alpha value is -1.36. The maximum Gasteiger partial charge on any atom is 0.227 e. The van der Waals surface area contributed by atoms with Crippen LogP contribution in [-0.4, -0.2) is 31.0 Å². The van der Waals surface area contributed by atoms with Crippen LogP contribution in [0.25, 0.3) is 0 Å². The third-order valence-electron chi connectivity index (χ3n) is 3.18. The molecule has 3 aliphatic rings. The number of methoxy groups -OCH3 is 1. The van der Waals surface area contributed by atoms with Crippen LogP contribution in [0.5, 0.6) is 0 Å². The normalized spacial score (nSPS) is 23.4. The first-order valence-corrected chi connectivity index (χ1v) is 6.58. The standard InChI is InChI=1S/C12H14N2O2S/c1-16-9-7-17-10-2-3-11(15)14-5-4-13-6-8(9)12(10)14/h6-7,13H,2-5H2,1H3. The summed E-state index contributed by atoms with van der Waals surface area (Å²) in [5.74, 6) is 1.05. The van der Waals surface area contributed by atoms with E-state index in [4.69, 9.17) is 4.74 Å². The molecule has 0 aromatic heterocycles. The van der Waals surface area contributed by atoms with Gasteiger partial charge in [0.05, 0.1) is 18.4 Å². The molecule has 90 valence electrons. The minimum atomic E-state index is 0.219. The van der Waals surface area contributed by atoms with Crippen LogP contribution in [0.1, 0.15) is 12.8 Å². The summed E-state index contributed by atoms with van der Waals surface area (Å²) in [6, 6.07) is 0. The fourth-order valence-electron chi connectivity index (χ4n) is 2.35. The largest absolute Gasteiger partial charge is 0.495 e. The van der Waals surface area contributed by atoms with Crippen LogP contribution in [0.4, 0.5) is 0 Å². The van der Waals surface area contributed by atoms with E-state index in [1.807, 2.05) is 16.5 Å². The van der Waals surface area contributed by atoms with E-state index in [0.717, 1.165) is 36.5 Å². The van der Waals surface area contributed by atoms with Crippen molar-refractivity contribution in [3.63, 3.8) is 0 Å². The van der Waals surface area contributed by atoms with E-state index in [9.17, 15) is 4.79 Å². The topological polar surface area (TPSA) is 41.6 Å². The Morgan fingerprint density at radius 1 is 1.47 bits per heavy atom. The van der Waals surface area contributed by atoms with Gasteiger partial charge in [-0.3, -0.25) is 4.79 Å². The van der Waals surface area contributed by atoms with Gasteiger partial charge in [-0.05, 0) is 6.42 Å². The Morgan fingerprint density at radius 2 is 2.35 bits per heavy atom. The highest BCUT2D eigenvalue weighted by Crippen LogP contribution is 2.43. The van der Waals surface area contributed by atoms with Crippen LogP contribution >= 0.6 is 11.8 Å². The molecule has 0 aliphatic carbocycles. The van der Waals surface area contributed by atoms with Gasteiger partial charge in [-0.2, -0.15) is 0 Å². The fraction of sp³-hybridized carbons (Fsp3) is 0.417. The number of rotatable bonds is 1. The van der Waals surface area contributed by atoms with E-state index in [1.54, 1.807) is 18.9 Å². The van der Waals surface area contributed by atoms with Crippen molar-refractivity contribution >= 4 is 17.7 Å². The predicted molar refractivity (Wildman–Crippen MR) is 66.7 cm³/mol. The summed E-state index contributed by atoms with van der Waals surface area (Å²) < 4.78 is 5.38. The van der Waals surface area contributed by atoms with Crippen molar-refractivity contribution in [1.29, 1.82) is 0 Å². The Morgan fingerprint density at radius 3 is 3.18 bits per heavy atom. The van der Waals surface area contributed by atoms with Gasteiger partial charge in [0.15, 0.2) is 0 Å². The molecule has 0 radical (unpaired) electrons. The summed E-state index contributed by atoms with van der Waals surface area (Å²) in [7, 11) is 1.67. The molecular weight excluding hydrogens is 236 g/mol. The molecule has 4 nitrogen and oxygen atoms in total. The zero-order valence-electron chi connectivity index (χ0n) is 9.66. The first kappa shape index (κ1) is 10.8. The second-order valence-corrected chi connectivity index (χ2v) is 5.10. The molecule has 17 heavy (non-hydrogen) atoms. The quantitative estimate of drug-likeness (QED) is 0.766. The van der Waals surface area contributed by atoms with E-state index < -0.39 is 0 Å². The van der Waals surface area contributed by atoms with Gasteiger partial charge in [0.1, 0.15) is 5.76 Å². The smallest absolute Gasteiger partial charge is 0.227 e. The summed E-state index contributed by atoms with van der Waals surface area (Å²) in [4.78, 5) is 15.1. The van der Waals surface area contributed by atoms with E-state index in [0.29, 0.717) is 6.42 Å². The van der Waals surface area contributed by atoms with Crippen LogP contribution in [0.2, 0.25) is 0 Å². The SMILES string of the molecule is COC1=CSC2=C3C1=CNCCN3C(=O)CC2. The number of hydrogen-bond donors (Lipinski definition) is 1. The number of hydrogen-bond acceptors (Lipinski definition) is 4. The monoisotopic (exact) mass is 250 g/mol. The molecule has 3 rings (SSSR count). The van der Waals surface area contributed by atoms with Gasteiger partial charge in [-0.25, -0.2) is 0 Å². The number of nitrogens with one attached hydrogen (secondary N) is 1. The second-order valence-electron chi connectivity index (χ2n) is 4.13. The molecule has 5 heteroatoms. The van der Waals surface area contributed by atoms with Gasteiger partial charge in [0.2, 0.25) is 5.91 Å². The number of carbonyl (C=O) groups excluding carboxylic acids is 1. The Kier molecular flexibility index (Phi) is 2.63. The van der Waals surface area contributed by atoms with Crippen LogP contribution in [0.3, 0.4) is 0 Å². The third kappa shape index (κ3) is 1.65. The zero-order chi connectivity index (χ0) is 11.8. The molecule has 0 unspecified atom stereocenters. The number of ether oxygens (including phenoxy) is 1. The van der Waals surface area contributed by atoms with Crippen molar-refractivity contribution in [2.24, 2.45) is 0 Å². The summed E-state index contributed by atoms with van der Waals surface area (Å²) in [5, 5.41) is 5.24. The van der Waals surface area contributed by atoms with Gasteiger partial charge in [0.25, 0.3) is 0 Å². The van der Waals surface area contributed by atoms with Crippen molar-refractivity contribution in [1.82, 2.24) is 10.2 Å². The van der Waals surface area contributed by atoms with Crippen LogP contribution in [0, 0.1) is 0 Å². The van der Waals surface area contributed by atoms with Crippen LogP contribution < -0.4 is 5.32 Å². The highest BCUT2D eigenvalue weighted by Gasteiger charge is 2.33. The Bertz CT molecular complexity index is 465. The highest BCUT2D eigenvalue weighted by molar-refractivity contribution is 8.05. The Balaban J connectivity index is 2.10. The van der Waals surface area contributed by atoms with Crippen molar-refractivity contribution in [2.75, 3.05) is 20.2 Å². The van der Waals surface area contributed by atoms with Gasteiger partial charge in [0, 0.05) is 36.0 Å². The van der Waals surface area contributed by atoms with E-state index in [-0.39, 0.29) is 5.91 Å². The van der Waals surface area contributed by atoms with Crippen molar-refractivity contribution in [2.45, 2.75) is 12.8 Å². The Labute approximate surface area is 104 Å². The first-order valence-electron chi connectivity index (χ1n) is 5.70. The molecule has 1 amide bonds. The number of thioether (sulfide) groups is 1. The molecule has 3 heterocycles. The van der Waals surface area contributed by atoms with E-state index >= 15 is 0 Å². The first-order chi connectivity index (χ1) is 8.31. The van der Waals surface area contributed by atoms with Gasteiger partial charge >= 0.3 is 0 Å². The van der Waals surface area contributed by atoms with Crippen molar-refractivity contribution < 1.29 is 9.53 Å². The second kappa shape index (κ2) is 4.14. The lowest BCUT2D eigenvalue weighted by molar-refractivity contribution is -0.129. The summed E-state index contributed by atoms with van der Waals surface area (Å²) in [5.41, 5.74) is 2.06. The summed E-state index contributed by atoms with van der Waals surface area (Å²) >= 11 is 1.68. The van der Waals surface area contributed by atoms with Gasteiger partial charge in [-0.1, -0.05) is 11.8 Å². The molecular formula is C12H14N2O2S. The van der Waals surface area contributed by atoms with Gasteiger partial charge in [-0.15, -0.1) is 0 Å². The maximum atomic E-state index is 12.0. The molecule has 0 atom stereocenters. The lowest BCUT2D eigenvalue weighted by Gasteiger charge is -2.33. The maximum absolute atomic E-state index is 12.0. The van der Waals surface area contributed by atoms with Crippen molar-refractivity contribution in [3.8, 4) is 0 Å². The average Bonchev–Trinajstić information content (AvgIpc) is 2.58. The van der Waals surface area contributed by atoms with E-state index in [1.165, 1.54) is 4.91 Å². The average molecular weight is 250 g/mol. The molecule has 0 aromatic rings. The molecule has 0 aromatic carbocycles. The lowest BCUT2D eigenvalue weighted by atomic mass is 10.0. The highest BCUT2D eigenvalue weighted by atomic mass is 32.2. The molecule has 0 bridgehead atoms. The number of nitrogens with zero attached hydrogens (tertiary/aromatic N) is 1. The fourth-order valence-corrected chi connectivity index (χ4v) is 3.37. The zero-order valence-corrected chi connectivity index (χ0v) is 10.5. The van der Waals surface area contributed by atoms with Crippen LogP contribution in [-0.2, 0) is 9.53 Å². The van der Waals surface area contributed by atoms with Crippen molar-refractivity contribution in [3.05, 3.63) is 33.5 Å². The minimum absolute atomic E-state index is 0.219. The molecule has 0 saturated carbocycles. The minimum Gasteiger partial charge on any atom is -0.495 e.